The Labute approximate surface area is 120 Å². The zero-order valence-electron chi connectivity index (χ0n) is 12.3. The SMILES string of the molecule is CCOC(=O)C1CNCC(C)C2=C3C=CCCC3NC21. The summed E-state index contributed by atoms with van der Waals surface area (Å²) in [6.07, 6.45) is 6.78. The summed E-state index contributed by atoms with van der Waals surface area (Å²) in [4.78, 5) is 12.3. The van der Waals surface area contributed by atoms with Gasteiger partial charge in [0.25, 0.3) is 0 Å². The monoisotopic (exact) mass is 276 g/mol. The number of rotatable bonds is 2. The summed E-state index contributed by atoms with van der Waals surface area (Å²) < 4.78 is 5.27. The molecule has 20 heavy (non-hydrogen) atoms. The van der Waals surface area contributed by atoms with Gasteiger partial charge in [-0.2, -0.15) is 0 Å². The Hall–Kier alpha value is -1.13. The summed E-state index contributed by atoms with van der Waals surface area (Å²) in [5.74, 6) is 0.281. The second kappa shape index (κ2) is 5.70. The molecule has 0 radical (unpaired) electrons. The van der Waals surface area contributed by atoms with Gasteiger partial charge in [-0.25, -0.2) is 0 Å². The predicted molar refractivity (Wildman–Crippen MR) is 78.3 cm³/mol. The average molecular weight is 276 g/mol. The van der Waals surface area contributed by atoms with Crippen molar-refractivity contribution < 1.29 is 9.53 Å². The molecule has 1 saturated heterocycles. The quantitative estimate of drug-likeness (QED) is 0.748. The lowest BCUT2D eigenvalue weighted by atomic mass is 9.85. The zero-order valence-corrected chi connectivity index (χ0v) is 12.3. The lowest BCUT2D eigenvalue weighted by molar-refractivity contribution is -0.148. The lowest BCUT2D eigenvalue weighted by Gasteiger charge is -2.24. The summed E-state index contributed by atoms with van der Waals surface area (Å²) in [6, 6.07) is 0.569. The topological polar surface area (TPSA) is 50.4 Å². The van der Waals surface area contributed by atoms with E-state index in [2.05, 4.69) is 29.7 Å². The van der Waals surface area contributed by atoms with Gasteiger partial charge in [-0.1, -0.05) is 19.1 Å². The minimum Gasteiger partial charge on any atom is -0.466 e. The molecule has 2 aliphatic heterocycles. The van der Waals surface area contributed by atoms with Crippen LogP contribution in [-0.2, 0) is 9.53 Å². The number of esters is 1. The van der Waals surface area contributed by atoms with Crippen molar-refractivity contribution in [3.63, 3.8) is 0 Å². The molecule has 1 aliphatic carbocycles. The summed E-state index contributed by atoms with van der Waals surface area (Å²) in [5, 5.41) is 7.10. The van der Waals surface area contributed by atoms with Crippen LogP contribution in [0, 0.1) is 11.8 Å². The van der Waals surface area contributed by atoms with Crippen LogP contribution >= 0.6 is 0 Å². The van der Waals surface area contributed by atoms with E-state index >= 15 is 0 Å². The number of nitrogens with one attached hydrogen (secondary N) is 2. The van der Waals surface area contributed by atoms with Crippen LogP contribution in [0.25, 0.3) is 0 Å². The highest BCUT2D eigenvalue weighted by atomic mass is 16.5. The van der Waals surface area contributed by atoms with Crippen molar-refractivity contribution in [3.8, 4) is 0 Å². The molecule has 0 bridgehead atoms. The first-order valence-electron chi connectivity index (χ1n) is 7.76. The summed E-state index contributed by atoms with van der Waals surface area (Å²) >= 11 is 0. The molecule has 4 atom stereocenters. The molecule has 0 aromatic carbocycles. The molecule has 3 rings (SSSR count). The first kappa shape index (κ1) is 13.8. The predicted octanol–water partition coefficient (Wildman–Crippen LogP) is 1.39. The number of allylic oxidation sites excluding steroid dienone is 1. The summed E-state index contributed by atoms with van der Waals surface area (Å²) in [7, 11) is 0. The van der Waals surface area contributed by atoms with Gasteiger partial charge in [0, 0.05) is 25.2 Å². The first-order valence-corrected chi connectivity index (χ1v) is 7.76. The van der Waals surface area contributed by atoms with Gasteiger partial charge in [-0.3, -0.25) is 4.79 Å². The van der Waals surface area contributed by atoms with Crippen LogP contribution in [0.4, 0.5) is 0 Å². The molecule has 1 fully saturated rings. The van der Waals surface area contributed by atoms with Crippen LogP contribution in [0.5, 0.6) is 0 Å². The molecule has 4 nitrogen and oxygen atoms in total. The van der Waals surface area contributed by atoms with Crippen molar-refractivity contribution in [2.45, 2.75) is 38.8 Å². The number of hydrogen-bond acceptors (Lipinski definition) is 4. The molecule has 110 valence electrons. The Morgan fingerprint density at radius 2 is 2.30 bits per heavy atom. The van der Waals surface area contributed by atoms with Crippen LogP contribution in [0.1, 0.15) is 26.7 Å². The van der Waals surface area contributed by atoms with Gasteiger partial charge >= 0.3 is 5.97 Å². The Balaban J connectivity index is 1.93. The van der Waals surface area contributed by atoms with Gasteiger partial charge in [0.2, 0.25) is 0 Å². The largest absolute Gasteiger partial charge is 0.466 e. The maximum Gasteiger partial charge on any atom is 0.312 e. The van der Waals surface area contributed by atoms with E-state index in [4.69, 9.17) is 4.74 Å². The first-order chi connectivity index (χ1) is 9.72. The molecule has 0 aromatic rings. The molecule has 0 spiro atoms. The number of carbonyl (C=O) groups is 1. The van der Waals surface area contributed by atoms with E-state index in [1.54, 1.807) is 0 Å². The number of fused-ring (bicyclic) bond motifs is 2. The fraction of sp³-hybridized carbons (Fsp3) is 0.688. The normalized spacial score (nSPS) is 36.3. The van der Waals surface area contributed by atoms with Crippen LogP contribution in [0.15, 0.2) is 23.3 Å². The van der Waals surface area contributed by atoms with Crippen molar-refractivity contribution in [3.05, 3.63) is 23.3 Å². The van der Waals surface area contributed by atoms with Gasteiger partial charge in [0.05, 0.1) is 12.5 Å². The van der Waals surface area contributed by atoms with Crippen LogP contribution in [0.3, 0.4) is 0 Å². The molecular formula is C16H24N2O2. The second-order valence-electron chi connectivity index (χ2n) is 6.01. The molecule has 3 aliphatic rings. The van der Waals surface area contributed by atoms with Gasteiger partial charge in [-0.15, -0.1) is 0 Å². The van der Waals surface area contributed by atoms with E-state index in [1.807, 2.05) is 6.92 Å². The van der Waals surface area contributed by atoms with Gasteiger partial charge < -0.3 is 15.4 Å². The van der Waals surface area contributed by atoms with E-state index in [0.29, 0.717) is 25.1 Å². The lowest BCUT2D eigenvalue weighted by Crippen LogP contribution is -2.45. The third-order valence-electron chi connectivity index (χ3n) is 4.68. The molecule has 4 unspecified atom stereocenters. The standard InChI is InChI=1S/C16H24N2O2/c1-3-20-16(19)12-9-17-8-10(2)14-11-6-4-5-7-13(11)18-15(12)14/h4,6,10,12-13,15,17-18H,3,5,7-9H2,1-2H3. The Morgan fingerprint density at radius 1 is 1.45 bits per heavy atom. The fourth-order valence-electron chi connectivity index (χ4n) is 3.78. The Kier molecular flexibility index (Phi) is 3.94. The van der Waals surface area contributed by atoms with Gasteiger partial charge in [0.1, 0.15) is 0 Å². The minimum atomic E-state index is -0.110. The maximum absolute atomic E-state index is 12.3. The smallest absolute Gasteiger partial charge is 0.312 e. The number of hydrogen-bond donors (Lipinski definition) is 2. The number of carbonyl (C=O) groups excluding carboxylic acids is 1. The number of ether oxygens (including phenoxy) is 1. The van der Waals surface area contributed by atoms with Crippen molar-refractivity contribution >= 4 is 5.97 Å². The fourth-order valence-corrected chi connectivity index (χ4v) is 3.78. The third kappa shape index (κ3) is 2.31. The molecule has 4 heteroatoms. The van der Waals surface area contributed by atoms with Crippen LogP contribution in [-0.4, -0.2) is 37.7 Å². The molecule has 2 N–H and O–H groups in total. The molecule has 0 saturated carbocycles. The van der Waals surface area contributed by atoms with E-state index in [9.17, 15) is 4.79 Å². The highest BCUT2D eigenvalue weighted by Crippen LogP contribution is 2.37. The van der Waals surface area contributed by atoms with Crippen molar-refractivity contribution in [2.24, 2.45) is 11.8 Å². The van der Waals surface area contributed by atoms with E-state index in [0.717, 1.165) is 19.4 Å². The van der Waals surface area contributed by atoms with Crippen molar-refractivity contribution in [2.75, 3.05) is 19.7 Å². The summed E-state index contributed by atoms with van der Waals surface area (Å²) in [6.45, 7) is 6.21. The Bertz CT molecular complexity index is 455. The molecular weight excluding hydrogens is 252 g/mol. The van der Waals surface area contributed by atoms with E-state index < -0.39 is 0 Å². The average Bonchev–Trinajstić information content (AvgIpc) is 2.74. The highest BCUT2D eigenvalue weighted by Gasteiger charge is 2.43. The summed E-state index contributed by atoms with van der Waals surface area (Å²) in [5.41, 5.74) is 2.85. The highest BCUT2D eigenvalue weighted by molar-refractivity contribution is 5.75. The molecule has 0 aromatic heterocycles. The van der Waals surface area contributed by atoms with E-state index in [1.165, 1.54) is 11.1 Å². The minimum absolute atomic E-state index is 0.0765. The maximum atomic E-state index is 12.3. The van der Waals surface area contributed by atoms with E-state index in [-0.39, 0.29) is 17.9 Å². The van der Waals surface area contributed by atoms with Crippen molar-refractivity contribution in [1.29, 1.82) is 0 Å². The van der Waals surface area contributed by atoms with Gasteiger partial charge in [0.15, 0.2) is 0 Å². The zero-order chi connectivity index (χ0) is 14.1. The van der Waals surface area contributed by atoms with Crippen LogP contribution < -0.4 is 10.6 Å². The van der Waals surface area contributed by atoms with Crippen LogP contribution in [0.2, 0.25) is 0 Å². The second-order valence-corrected chi connectivity index (χ2v) is 6.01. The molecule has 0 amide bonds. The third-order valence-corrected chi connectivity index (χ3v) is 4.68. The van der Waals surface area contributed by atoms with Crippen molar-refractivity contribution in [1.82, 2.24) is 10.6 Å². The van der Waals surface area contributed by atoms with Gasteiger partial charge in [-0.05, 0) is 36.8 Å². The Morgan fingerprint density at radius 3 is 3.10 bits per heavy atom. The molecule has 2 heterocycles.